The monoisotopic (exact) mass is 183 g/mol. The molecule has 0 aromatic heterocycles. The Morgan fingerprint density at radius 1 is 1.38 bits per heavy atom. The van der Waals surface area contributed by atoms with Gasteiger partial charge in [0, 0.05) is 5.92 Å². The molecule has 0 atom stereocenters. The van der Waals surface area contributed by atoms with E-state index in [0.717, 1.165) is 12.2 Å². The van der Waals surface area contributed by atoms with E-state index >= 15 is 0 Å². The lowest BCUT2D eigenvalue weighted by molar-refractivity contribution is -0.302. The maximum absolute atomic E-state index is 10.9. The van der Waals surface area contributed by atoms with Crippen molar-refractivity contribution in [3.05, 3.63) is 24.0 Å². The van der Waals surface area contributed by atoms with Gasteiger partial charge in [0.05, 0.1) is 0 Å². The third kappa shape index (κ3) is 4.79. The van der Waals surface area contributed by atoms with Crippen molar-refractivity contribution in [1.82, 2.24) is 0 Å². The summed E-state index contributed by atoms with van der Waals surface area (Å²) in [4.78, 5) is 20.9. The van der Waals surface area contributed by atoms with Crippen LogP contribution in [0.1, 0.15) is 13.8 Å². The van der Waals surface area contributed by atoms with Crippen LogP contribution in [-0.4, -0.2) is 16.9 Å². The Balaban J connectivity index is 4.23. The van der Waals surface area contributed by atoms with Crippen LogP contribution in [0.15, 0.2) is 24.0 Å². The molecular weight excluding hydrogens is 172 g/mol. The number of ketones is 1. The van der Waals surface area contributed by atoms with E-state index in [2.05, 4.69) is 0 Å². The predicted molar refractivity (Wildman–Crippen MR) is 44.7 cm³/mol. The second-order valence-corrected chi connectivity index (χ2v) is 2.75. The van der Waals surface area contributed by atoms with Gasteiger partial charge in [-0.15, -0.1) is 0 Å². The summed E-state index contributed by atoms with van der Waals surface area (Å²) < 4.78 is 0. The van der Waals surface area contributed by atoms with Crippen LogP contribution >= 0.6 is 0 Å². The quantitative estimate of drug-likeness (QED) is 0.381. The number of carbonyl (C=O) groups is 2. The molecule has 4 nitrogen and oxygen atoms in total. The molecule has 4 heteroatoms. The number of aliphatic carboxylic acids is 1. The summed E-state index contributed by atoms with van der Waals surface area (Å²) in [5, 5.41) is 18.6. The van der Waals surface area contributed by atoms with E-state index in [-0.39, 0.29) is 11.7 Å². The van der Waals surface area contributed by atoms with E-state index in [9.17, 15) is 14.7 Å². The molecule has 0 aliphatic rings. The summed E-state index contributed by atoms with van der Waals surface area (Å²) in [5.41, 5.74) is 0. The van der Waals surface area contributed by atoms with E-state index in [1.807, 2.05) is 0 Å². The van der Waals surface area contributed by atoms with Gasteiger partial charge in [-0.2, -0.15) is 0 Å². The largest absolute Gasteiger partial charge is 0.868 e. The molecule has 0 rings (SSSR count). The fourth-order valence-corrected chi connectivity index (χ4v) is 0.494. The van der Waals surface area contributed by atoms with E-state index in [1.54, 1.807) is 13.8 Å². The first-order chi connectivity index (χ1) is 5.95. The van der Waals surface area contributed by atoms with Gasteiger partial charge >= 0.3 is 5.97 Å². The van der Waals surface area contributed by atoms with Crippen LogP contribution in [0.3, 0.4) is 0 Å². The minimum atomic E-state index is -1.53. The predicted octanol–water partition coefficient (Wildman–Crippen LogP) is 0.0965. The van der Waals surface area contributed by atoms with Crippen molar-refractivity contribution in [3.8, 4) is 0 Å². The van der Waals surface area contributed by atoms with Gasteiger partial charge in [-0.1, -0.05) is 26.0 Å². The smallest absolute Gasteiger partial charge is 0.320 e. The molecular formula is C9H11O4-. The zero-order chi connectivity index (χ0) is 10.4. The van der Waals surface area contributed by atoms with Crippen molar-refractivity contribution in [2.24, 2.45) is 5.92 Å². The first kappa shape index (κ1) is 11.4. The minimum Gasteiger partial charge on any atom is -0.868 e. The standard InChI is InChI=1S/C9H12O4/c1-6(2)7(10)4-3-5-8(11)9(12)13/h3-6,11H,1-2H3,(H,12,13)/p-1/b4-3-,8-5+. The number of hydrogen-bond donors (Lipinski definition) is 1. The topological polar surface area (TPSA) is 77.4 Å². The number of rotatable bonds is 4. The van der Waals surface area contributed by atoms with E-state index in [4.69, 9.17) is 5.11 Å². The van der Waals surface area contributed by atoms with Crippen LogP contribution in [0, 0.1) is 5.92 Å². The zero-order valence-corrected chi connectivity index (χ0v) is 7.48. The molecule has 0 aromatic carbocycles. The molecule has 0 fully saturated rings. The van der Waals surface area contributed by atoms with Crippen LogP contribution in [0.2, 0.25) is 0 Å². The highest BCUT2D eigenvalue weighted by molar-refractivity contribution is 5.91. The summed E-state index contributed by atoms with van der Waals surface area (Å²) in [6.45, 7) is 3.43. The Morgan fingerprint density at radius 3 is 2.31 bits per heavy atom. The number of hydrogen-bond acceptors (Lipinski definition) is 3. The Kier molecular flexibility index (Phi) is 4.51. The molecule has 0 bridgehead atoms. The highest BCUT2D eigenvalue weighted by atomic mass is 16.4. The number of carbonyl (C=O) groups excluding carboxylic acids is 1. The molecule has 0 aromatic rings. The molecule has 13 heavy (non-hydrogen) atoms. The summed E-state index contributed by atoms with van der Waals surface area (Å²) in [6, 6.07) is 0. The van der Waals surface area contributed by atoms with Crippen molar-refractivity contribution >= 4 is 11.8 Å². The first-order valence-corrected chi connectivity index (χ1v) is 3.77. The van der Waals surface area contributed by atoms with Crippen molar-refractivity contribution in [1.29, 1.82) is 0 Å². The molecule has 0 radical (unpaired) electrons. The van der Waals surface area contributed by atoms with Gasteiger partial charge in [0.25, 0.3) is 0 Å². The van der Waals surface area contributed by atoms with Crippen molar-refractivity contribution < 1.29 is 19.8 Å². The highest BCUT2D eigenvalue weighted by Gasteiger charge is 2.00. The van der Waals surface area contributed by atoms with Gasteiger partial charge < -0.3 is 10.2 Å². The average molecular weight is 183 g/mol. The van der Waals surface area contributed by atoms with Crippen LogP contribution in [0.25, 0.3) is 0 Å². The maximum atomic E-state index is 10.9. The molecule has 0 saturated heterocycles. The van der Waals surface area contributed by atoms with Gasteiger partial charge in [0.15, 0.2) is 5.78 Å². The number of carboxylic acid groups (broad SMARTS) is 1. The van der Waals surface area contributed by atoms with Gasteiger partial charge in [0.1, 0.15) is 0 Å². The molecule has 0 heterocycles. The van der Waals surface area contributed by atoms with Crippen molar-refractivity contribution in [3.63, 3.8) is 0 Å². The van der Waals surface area contributed by atoms with Crippen molar-refractivity contribution in [2.45, 2.75) is 13.8 Å². The Bertz CT molecular complexity index is 261. The second kappa shape index (κ2) is 5.13. The van der Waals surface area contributed by atoms with Gasteiger partial charge in [-0.25, -0.2) is 4.79 Å². The average Bonchev–Trinajstić information content (AvgIpc) is 2.03. The molecule has 1 N–H and O–H groups in total. The molecule has 72 valence electrons. The second-order valence-electron chi connectivity index (χ2n) is 2.75. The van der Waals surface area contributed by atoms with Gasteiger partial charge in [-0.05, 0) is 11.8 Å². The first-order valence-electron chi connectivity index (χ1n) is 3.77. The third-order valence-electron chi connectivity index (χ3n) is 1.29. The van der Waals surface area contributed by atoms with Crippen LogP contribution < -0.4 is 5.11 Å². The molecule has 0 aliphatic heterocycles. The van der Waals surface area contributed by atoms with Crippen molar-refractivity contribution in [2.75, 3.05) is 0 Å². The molecule has 0 saturated carbocycles. The van der Waals surface area contributed by atoms with E-state index in [0.29, 0.717) is 0 Å². The van der Waals surface area contributed by atoms with Gasteiger partial charge in [0.2, 0.25) is 0 Å². The summed E-state index contributed by atoms with van der Waals surface area (Å²) >= 11 is 0. The minimum absolute atomic E-state index is 0.144. The summed E-state index contributed by atoms with van der Waals surface area (Å²) in [7, 11) is 0. The number of allylic oxidation sites excluding steroid dienone is 3. The molecule has 0 unspecified atom stereocenters. The SMILES string of the molecule is CC(C)C(=O)/C=C\C=C(\[O-])C(=O)O. The van der Waals surface area contributed by atoms with Gasteiger partial charge in [-0.3, -0.25) is 4.79 Å². The zero-order valence-electron chi connectivity index (χ0n) is 7.48. The van der Waals surface area contributed by atoms with E-state index < -0.39 is 11.7 Å². The normalized spacial score (nSPS) is 12.4. The molecule has 0 aliphatic carbocycles. The van der Waals surface area contributed by atoms with Crippen LogP contribution in [-0.2, 0) is 9.59 Å². The summed E-state index contributed by atoms with van der Waals surface area (Å²) in [5.74, 6) is -2.85. The Morgan fingerprint density at radius 2 is 1.92 bits per heavy atom. The Hall–Kier alpha value is -1.58. The third-order valence-corrected chi connectivity index (χ3v) is 1.29. The summed E-state index contributed by atoms with van der Waals surface area (Å²) in [6.07, 6.45) is 3.19. The van der Waals surface area contributed by atoms with Crippen LogP contribution in [0.5, 0.6) is 0 Å². The highest BCUT2D eigenvalue weighted by Crippen LogP contribution is 1.95. The number of carboxylic acids is 1. The fraction of sp³-hybridized carbons (Fsp3) is 0.333. The Labute approximate surface area is 76.2 Å². The molecule has 0 amide bonds. The van der Waals surface area contributed by atoms with E-state index in [1.165, 1.54) is 6.08 Å². The molecule has 0 spiro atoms. The fourth-order valence-electron chi connectivity index (χ4n) is 0.494. The lowest BCUT2D eigenvalue weighted by Crippen LogP contribution is -2.13. The maximum Gasteiger partial charge on any atom is 0.320 e. The lowest BCUT2D eigenvalue weighted by Gasteiger charge is -2.01. The van der Waals surface area contributed by atoms with Crippen LogP contribution in [0.4, 0.5) is 0 Å². The lowest BCUT2D eigenvalue weighted by atomic mass is 10.1.